The number of hydrogen-bond donors (Lipinski definition) is 2. The average molecular weight is 504 g/mol. The molecule has 1 aliphatic heterocycles. The first-order valence-electron chi connectivity index (χ1n) is 10.8. The summed E-state index contributed by atoms with van der Waals surface area (Å²) in [6.07, 6.45) is 0. The predicted molar refractivity (Wildman–Crippen MR) is 133 cm³/mol. The largest absolute Gasteiger partial charge is 0.378 e. The van der Waals surface area contributed by atoms with Crippen molar-refractivity contribution in [2.24, 2.45) is 0 Å². The molecule has 1 amide bonds. The van der Waals surface area contributed by atoms with Crippen LogP contribution in [0, 0.1) is 26.6 Å². The Morgan fingerprint density at radius 3 is 2.50 bits per heavy atom. The van der Waals surface area contributed by atoms with Crippen LogP contribution in [0.3, 0.4) is 0 Å². The fourth-order valence-corrected chi connectivity index (χ4v) is 6.20. The van der Waals surface area contributed by atoms with E-state index in [2.05, 4.69) is 14.9 Å². The molecule has 0 atom stereocenters. The Labute approximate surface area is 202 Å². The molecule has 4 rings (SSSR count). The molecule has 10 heteroatoms. The van der Waals surface area contributed by atoms with Crippen LogP contribution in [-0.4, -0.2) is 40.6 Å². The SMILES string of the molecule is Cc1cc(C)c(N2CCOCC2)c(C)c1NC(=O)c1sccc1NS(=O)(=O)c1ccccc1F. The van der Waals surface area contributed by atoms with E-state index >= 15 is 0 Å². The fourth-order valence-electron chi connectivity index (χ4n) is 4.24. The molecule has 34 heavy (non-hydrogen) atoms. The van der Waals surface area contributed by atoms with E-state index in [0.29, 0.717) is 18.9 Å². The van der Waals surface area contributed by atoms with Gasteiger partial charge < -0.3 is 15.0 Å². The quantitative estimate of drug-likeness (QED) is 0.509. The zero-order valence-corrected chi connectivity index (χ0v) is 20.8. The van der Waals surface area contributed by atoms with Crippen molar-refractivity contribution in [2.75, 3.05) is 41.2 Å². The molecule has 3 aromatic rings. The number of carbonyl (C=O) groups is 1. The standard InChI is InChI=1S/C24H26FN3O4S2/c1-15-14-16(2)22(28-9-11-32-12-10-28)17(3)21(15)26-24(29)23-19(8-13-33-23)27-34(30,31)20-7-5-4-6-18(20)25/h4-8,13-14,27H,9-12H2,1-3H3,(H,26,29). The van der Waals surface area contributed by atoms with Crippen LogP contribution in [0.1, 0.15) is 26.4 Å². The summed E-state index contributed by atoms with van der Waals surface area (Å²) in [7, 11) is -4.20. The van der Waals surface area contributed by atoms with Crippen LogP contribution >= 0.6 is 11.3 Å². The maximum absolute atomic E-state index is 14.1. The number of thiophene rings is 1. The normalized spacial score (nSPS) is 14.2. The number of amides is 1. The van der Waals surface area contributed by atoms with Gasteiger partial charge in [-0.3, -0.25) is 9.52 Å². The summed E-state index contributed by atoms with van der Waals surface area (Å²) >= 11 is 1.10. The van der Waals surface area contributed by atoms with Crippen LogP contribution in [0.4, 0.5) is 21.5 Å². The van der Waals surface area contributed by atoms with Gasteiger partial charge in [-0.15, -0.1) is 11.3 Å². The molecule has 1 fully saturated rings. The minimum atomic E-state index is -4.20. The number of benzene rings is 2. The number of hydrogen-bond acceptors (Lipinski definition) is 6. The third-order valence-electron chi connectivity index (χ3n) is 5.74. The molecule has 0 saturated carbocycles. The van der Waals surface area contributed by atoms with Gasteiger partial charge in [0.15, 0.2) is 0 Å². The number of rotatable bonds is 6. The number of nitrogens with zero attached hydrogens (tertiary/aromatic N) is 1. The van der Waals surface area contributed by atoms with Crippen molar-refractivity contribution in [2.45, 2.75) is 25.7 Å². The van der Waals surface area contributed by atoms with Gasteiger partial charge in [0.2, 0.25) is 0 Å². The second-order valence-corrected chi connectivity index (χ2v) is 10.7. The molecule has 0 spiro atoms. The van der Waals surface area contributed by atoms with E-state index in [1.165, 1.54) is 24.3 Å². The molecule has 0 unspecified atom stereocenters. The Hall–Kier alpha value is -2.95. The topological polar surface area (TPSA) is 87.7 Å². The van der Waals surface area contributed by atoms with E-state index in [-0.39, 0.29) is 10.6 Å². The molecule has 0 radical (unpaired) electrons. The maximum atomic E-state index is 14.1. The van der Waals surface area contributed by atoms with Crippen molar-refractivity contribution in [3.63, 3.8) is 0 Å². The molecule has 2 aromatic carbocycles. The van der Waals surface area contributed by atoms with Gasteiger partial charge in [-0.05, 0) is 61.0 Å². The molecule has 2 N–H and O–H groups in total. The van der Waals surface area contributed by atoms with Crippen LogP contribution in [0.25, 0.3) is 0 Å². The molecule has 1 aromatic heterocycles. The molecule has 0 aliphatic carbocycles. The van der Waals surface area contributed by atoms with E-state index in [1.807, 2.05) is 26.8 Å². The lowest BCUT2D eigenvalue weighted by atomic mass is 10.0. The second kappa shape index (κ2) is 9.73. The Kier molecular flexibility index (Phi) is 6.92. The highest BCUT2D eigenvalue weighted by molar-refractivity contribution is 7.92. The van der Waals surface area contributed by atoms with Gasteiger partial charge in [0, 0.05) is 24.5 Å². The van der Waals surface area contributed by atoms with Crippen LogP contribution < -0.4 is 14.9 Å². The highest BCUT2D eigenvalue weighted by Gasteiger charge is 2.24. The van der Waals surface area contributed by atoms with Crippen molar-refractivity contribution in [3.8, 4) is 0 Å². The first-order valence-corrected chi connectivity index (χ1v) is 13.1. The summed E-state index contributed by atoms with van der Waals surface area (Å²) in [6, 6.07) is 8.62. The molecule has 180 valence electrons. The molecular weight excluding hydrogens is 477 g/mol. The van der Waals surface area contributed by atoms with Gasteiger partial charge in [-0.2, -0.15) is 0 Å². The molecule has 1 saturated heterocycles. The Balaban J connectivity index is 1.62. The fraction of sp³-hybridized carbons (Fsp3) is 0.292. The number of anilines is 3. The summed E-state index contributed by atoms with van der Waals surface area (Å²) in [5.74, 6) is -1.30. The number of aryl methyl sites for hydroxylation is 2. The molecule has 0 bridgehead atoms. The number of sulfonamides is 1. The first kappa shape index (κ1) is 24.2. The van der Waals surface area contributed by atoms with Gasteiger partial charge in [0.05, 0.1) is 18.9 Å². The highest BCUT2D eigenvalue weighted by atomic mass is 32.2. The molecule has 7 nitrogen and oxygen atoms in total. The molecule has 1 aliphatic rings. The van der Waals surface area contributed by atoms with Gasteiger partial charge in [-0.25, -0.2) is 12.8 Å². The zero-order chi connectivity index (χ0) is 24.5. The van der Waals surface area contributed by atoms with Crippen molar-refractivity contribution in [3.05, 3.63) is 69.2 Å². The average Bonchev–Trinajstić information content (AvgIpc) is 3.25. The first-order chi connectivity index (χ1) is 16.2. The summed E-state index contributed by atoms with van der Waals surface area (Å²) < 4.78 is 47.3. The second-order valence-electron chi connectivity index (χ2n) is 8.11. The third-order valence-corrected chi connectivity index (χ3v) is 8.05. The number of nitrogens with one attached hydrogen (secondary N) is 2. The Morgan fingerprint density at radius 2 is 1.79 bits per heavy atom. The van der Waals surface area contributed by atoms with Crippen LogP contribution in [0.5, 0.6) is 0 Å². The van der Waals surface area contributed by atoms with Crippen molar-refractivity contribution < 1.29 is 22.3 Å². The van der Waals surface area contributed by atoms with Crippen LogP contribution in [0.2, 0.25) is 0 Å². The monoisotopic (exact) mass is 503 g/mol. The zero-order valence-electron chi connectivity index (χ0n) is 19.1. The third kappa shape index (κ3) is 4.79. The summed E-state index contributed by atoms with van der Waals surface area (Å²) in [4.78, 5) is 15.2. The molecular formula is C24H26FN3O4S2. The van der Waals surface area contributed by atoms with E-state index in [0.717, 1.165) is 52.9 Å². The lowest BCUT2D eigenvalue weighted by Crippen LogP contribution is -2.37. The number of carbonyl (C=O) groups excluding carboxylic acids is 1. The maximum Gasteiger partial charge on any atom is 0.267 e. The van der Waals surface area contributed by atoms with Crippen molar-refractivity contribution in [1.82, 2.24) is 0 Å². The number of morpholine rings is 1. The van der Waals surface area contributed by atoms with E-state index in [4.69, 9.17) is 4.74 Å². The lowest BCUT2D eigenvalue weighted by Gasteiger charge is -2.32. The predicted octanol–water partition coefficient (Wildman–Crippen LogP) is 4.70. The minimum absolute atomic E-state index is 0.0987. The van der Waals surface area contributed by atoms with E-state index in [9.17, 15) is 17.6 Å². The molecule has 2 heterocycles. The van der Waals surface area contributed by atoms with Gasteiger partial charge >= 0.3 is 0 Å². The minimum Gasteiger partial charge on any atom is -0.378 e. The van der Waals surface area contributed by atoms with Crippen LogP contribution in [-0.2, 0) is 14.8 Å². The Bertz CT molecular complexity index is 1330. The van der Waals surface area contributed by atoms with E-state index < -0.39 is 26.6 Å². The van der Waals surface area contributed by atoms with Crippen molar-refractivity contribution in [1.29, 1.82) is 0 Å². The van der Waals surface area contributed by atoms with Crippen LogP contribution in [0.15, 0.2) is 46.7 Å². The highest BCUT2D eigenvalue weighted by Crippen LogP contribution is 2.35. The smallest absolute Gasteiger partial charge is 0.267 e. The van der Waals surface area contributed by atoms with Gasteiger partial charge in [0.1, 0.15) is 15.6 Å². The van der Waals surface area contributed by atoms with Crippen molar-refractivity contribution >= 4 is 44.3 Å². The van der Waals surface area contributed by atoms with Gasteiger partial charge in [-0.1, -0.05) is 18.2 Å². The summed E-state index contributed by atoms with van der Waals surface area (Å²) in [5.41, 5.74) is 4.82. The lowest BCUT2D eigenvalue weighted by molar-refractivity contribution is 0.103. The van der Waals surface area contributed by atoms with E-state index in [1.54, 1.807) is 5.38 Å². The Morgan fingerprint density at radius 1 is 1.09 bits per heavy atom. The number of halogens is 1. The van der Waals surface area contributed by atoms with Gasteiger partial charge in [0.25, 0.3) is 15.9 Å². The number of ether oxygens (including phenoxy) is 1. The summed E-state index contributed by atoms with van der Waals surface area (Å²) in [6.45, 7) is 8.77. The summed E-state index contributed by atoms with van der Waals surface area (Å²) in [5, 5.41) is 4.58.